The third-order valence-corrected chi connectivity index (χ3v) is 3.71. The number of rotatable bonds is 6. The lowest BCUT2D eigenvalue weighted by atomic mass is 10.2. The maximum absolute atomic E-state index is 5.19. The number of methoxy groups -OCH3 is 1. The average molecular weight is 278 g/mol. The molecular weight excluding hydrogens is 262 g/mol. The fourth-order valence-electron chi connectivity index (χ4n) is 1.24. The molecule has 4 heteroatoms. The third-order valence-electron chi connectivity index (χ3n) is 1.91. The van der Waals surface area contributed by atoms with Crippen LogP contribution in [0.1, 0.15) is 24.3 Å². The Morgan fingerprint density at radius 3 is 2.93 bits per heavy atom. The topological polar surface area (TPSA) is 21.3 Å². The van der Waals surface area contributed by atoms with E-state index in [4.69, 9.17) is 4.74 Å². The highest BCUT2D eigenvalue weighted by atomic mass is 79.9. The van der Waals surface area contributed by atoms with Gasteiger partial charge in [-0.15, -0.1) is 11.3 Å². The zero-order valence-corrected chi connectivity index (χ0v) is 11.0. The summed E-state index contributed by atoms with van der Waals surface area (Å²) >= 11 is 5.22. The zero-order chi connectivity index (χ0) is 10.4. The molecule has 0 radical (unpaired) electrons. The average Bonchev–Trinajstić information content (AvgIpc) is 2.59. The fraction of sp³-hybridized carbons (Fsp3) is 0.600. The summed E-state index contributed by atoms with van der Waals surface area (Å²) in [5.41, 5.74) is 0. The van der Waals surface area contributed by atoms with E-state index >= 15 is 0 Å². The first-order valence-corrected chi connectivity index (χ1v) is 6.41. The highest BCUT2D eigenvalue weighted by Gasteiger charge is 2.11. The van der Waals surface area contributed by atoms with Crippen LogP contribution in [0.25, 0.3) is 0 Å². The lowest BCUT2D eigenvalue weighted by Crippen LogP contribution is -2.25. The molecule has 0 aliphatic rings. The molecule has 1 rings (SSSR count). The van der Waals surface area contributed by atoms with Gasteiger partial charge in [-0.3, -0.25) is 0 Å². The van der Waals surface area contributed by atoms with E-state index in [0.717, 1.165) is 24.0 Å². The van der Waals surface area contributed by atoms with Crippen molar-refractivity contribution < 1.29 is 4.74 Å². The van der Waals surface area contributed by atoms with Gasteiger partial charge in [-0.25, -0.2) is 0 Å². The van der Waals surface area contributed by atoms with Crippen LogP contribution in [0.5, 0.6) is 0 Å². The first-order valence-electron chi connectivity index (χ1n) is 4.74. The van der Waals surface area contributed by atoms with Crippen LogP contribution in [0.15, 0.2) is 15.9 Å². The molecule has 80 valence electrons. The Bertz CT molecular complexity index is 264. The predicted molar refractivity (Wildman–Crippen MR) is 64.9 cm³/mol. The van der Waals surface area contributed by atoms with Gasteiger partial charge < -0.3 is 10.1 Å². The molecule has 0 saturated heterocycles. The molecule has 0 aliphatic heterocycles. The Hall–Kier alpha value is 0.1000. The number of hydrogen-bond donors (Lipinski definition) is 1. The van der Waals surface area contributed by atoms with Crippen molar-refractivity contribution in [3.05, 3.63) is 20.8 Å². The van der Waals surface area contributed by atoms with Gasteiger partial charge in [0.25, 0.3) is 0 Å². The van der Waals surface area contributed by atoms with Gasteiger partial charge in [-0.2, -0.15) is 0 Å². The van der Waals surface area contributed by atoms with Gasteiger partial charge in [0.05, 0.1) is 12.6 Å². The van der Waals surface area contributed by atoms with Gasteiger partial charge >= 0.3 is 0 Å². The summed E-state index contributed by atoms with van der Waals surface area (Å²) in [5, 5.41) is 5.57. The second-order valence-corrected chi connectivity index (χ2v) is 4.99. The summed E-state index contributed by atoms with van der Waals surface area (Å²) in [5.74, 6) is 0. The third kappa shape index (κ3) is 3.69. The monoisotopic (exact) mass is 277 g/mol. The molecule has 0 amide bonds. The number of halogens is 1. The molecule has 1 heterocycles. The van der Waals surface area contributed by atoms with Crippen LogP contribution in [0.4, 0.5) is 0 Å². The normalized spacial score (nSPS) is 13.1. The Labute approximate surface area is 97.8 Å². The van der Waals surface area contributed by atoms with E-state index in [1.807, 2.05) is 0 Å². The van der Waals surface area contributed by atoms with Crippen molar-refractivity contribution in [2.75, 3.05) is 20.3 Å². The highest BCUT2D eigenvalue weighted by molar-refractivity contribution is 9.10. The minimum Gasteiger partial charge on any atom is -0.383 e. The first-order chi connectivity index (χ1) is 6.77. The summed E-state index contributed by atoms with van der Waals surface area (Å²) in [6.07, 6.45) is 1.15. The summed E-state index contributed by atoms with van der Waals surface area (Å²) in [6.45, 7) is 3.93. The standard InChI is InChI=1S/C10H16BrNOS/c1-3-4-12-9(6-13-2)10-5-8(11)7-14-10/h5,7,9,12H,3-4,6H2,1-2H3. The quantitative estimate of drug-likeness (QED) is 0.862. The van der Waals surface area contributed by atoms with Crippen molar-refractivity contribution in [2.24, 2.45) is 0 Å². The smallest absolute Gasteiger partial charge is 0.0665 e. The van der Waals surface area contributed by atoms with Gasteiger partial charge in [-0.1, -0.05) is 6.92 Å². The number of ether oxygens (including phenoxy) is 1. The van der Waals surface area contributed by atoms with Gasteiger partial charge in [0.15, 0.2) is 0 Å². The molecule has 0 fully saturated rings. The zero-order valence-electron chi connectivity index (χ0n) is 8.55. The summed E-state index contributed by atoms with van der Waals surface area (Å²) in [7, 11) is 1.74. The van der Waals surface area contributed by atoms with Crippen LogP contribution < -0.4 is 5.32 Å². The molecule has 1 atom stereocenters. The predicted octanol–water partition coefficient (Wildman–Crippen LogP) is 3.20. The summed E-state index contributed by atoms with van der Waals surface area (Å²) in [4.78, 5) is 1.33. The number of thiophene rings is 1. The van der Waals surface area contributed by atoms with Crippen molar-refractivity contribution in [3.8, 4) is 0 Å². The van der Waals surface area contributed by atoms with Crippen molar-refractivity contribution in [1.82, 2.24) is 5.32 Å². The molecular formula is C10H16BrNOS. The molecule has 1 unspecified atom stereocenters. The highest BCUT2D eigenvalue weighted by Crippen LogP contribution is 2.25. The van der Waals surface area contributed by atoms with Gasteiger partial charge in [-0.05, 0) is 35.0 Å². The van der Waals surface area contributed by atoms with E-state index < -0.39 is 0 Å². The molecule has 14 heavy (non-hydrogen) atoms. The number of hydrogen-bond acceptors (Lipinski definition) is 3. The lowest BCUT2D eigenvalue weighted by Gasteiger charge is -2.15. The fourth-order valence-corrected chi connectivity index (χ4v) is 2.74. The Balaban J connectivity index is 2.57. The van der Waals surface area contributed by atoms with E-state index in [-0.39, 0.29) is 0 Å². The van der Waals surface area contributed by atoms with Crippen molar-refractivity contribution in [1.29, 1.82) is 0 Å². The Morgan fingerprint density at radius 1 is 1.64 bits per heavy atom. The molecule has 0 spiro atoms. The maximum Gasteiger partial charge on any atom is 0.0665 e. The molecule has 1 aromatic rings. The lowest BCUT2D eigenvalue weighted by molar-refractivity contribution is 0.168. The van der Waals surface area contributed by atoms with Gasteiger partial charge in [0.2, 0.25) is 0 Å². The second-order valence-electron chi connectivity index (χ2n) is 3.13. The van der Waals surface area contributed by atoms with Crippen LogP contribution >= 0.6 is 27.3 Å². The van der Waals surface area contributed by atoms with Crippen LogP contribution in [0, 0.1) is 0 Å². The largest absolute Gasteiger partial charge is 0.383 e. The molecule has 2 nitrogen and oxygen atoms in total. The molecule has 0 aliphatic carbocycles. The molecule has 0 bridgehead atoms. The minimum atomic E-state index is 0.330. The van der Waals surface area contributed by atoms with Crippen molar-refractivity contribution in [2.45, 2.75) is 19.4 Å². The minimum absolute atomic E-state index is 0.330. The first kappa shape index (κ1) is 12.2. The van der Waals surface area contributed by atoms with Crippen LogP contribution in [0.2, 0.25) is 0 Å². The van der Waals surface area contributed by atoms with E-state index in [1.54, 1.807) is 18.4 Å². The van der Waals surface area contributed by atoms with Crippen LogP contribution in [-0.4, -0.2) is 20.3 Å². The Kier molecular flexibility index (Phi) is 5.70. The molecule has 1 N–H and O–H groups in total. The van der Waals surface area contributed by atoms with Crippen LogP contribution in [0.3, 0.4) is 0 Å². The van der Waals surface area contributed by atoms with Crippen molar-refractivity contribution >= 4 is 27.3 Å². The molecule has 0 saturated carbocycles. The van der Waals surface area contributed by atoms with E-state index in [0.29, 0.717) is 6.04 Å². The Morgan fingerprint density at radius 2 is 2.43 bits per heavy atom. The van der Waals surface area contributed by atoms with Gasteiger partial charge in [0, 0.05) is 21.8 Å². The summed E-state index contributed by atoms with van der Waals surface area (Å²) < 4.78 is 6.34. The van der Waals surface area contributed by atoms with E-state index in [9.17, 15) is 0 Å². The SMILES string of the molecule is CCCNC(COC)c1cc(Br)cs1. The van der Waals surface area contributed by atoms with E-state index in [2.05, 4.69) is 39.6 Å². The number of nitrogens with one attached hydrogen (secondary N) is 1. The summed E-state index contributed by atoms with van der Waals surface area (Å²) in [6, 6.07) is 2.48. The maximum atomic E-state index is 5.19. The van der Waals surface area contributed by atoms with Gasteiger partial charge in [0.1, 0.15) is 0 Å². The van der Waals surface area contributed by atoms with E-state index in [1.165, 1.54) is 4.88 Å². The molecule has 1 aromatic heterocycles. The molecule has 0 aromatic carbocycles. The second kappa shape index (κ2) is 6.56. The van der Waals surface area contributed by atoms with Crippen LogP contribution in [-0.2, 0) is 4.74 Å². The van der Waals surface area contributed by atoms with Crippen molar-refractivity contribution in [3.63, 3.8) is 0 Å².